The molecule has 2 heterocycles. The molecule has 1 aliphatic rings. The monoisotopic (exact) mass is 257 g/mol. The van der Waals surface area contributed by atoms with Crippen LogP contribution >= 0.6 is 0 Å². The first-order valence-electron chi connectivity index (χ1n) is 6.36. The number of aryl methyl sites for hydroxylation is 2. The third-order valence-corrected chi connectivity index (χ3v) is 3.30. The van der Waals surface area contributed by atoms with Crippen LogP contribution < -0.4 is 0 Å². The Kier molecular flexibility index (Phi) is 3.03. The number of aromatic nitrogens is 3. The van der Waals surface area contributed by atoms with E-state index in [2.05, 4.69) is 14.8 Å². The van der Waals surface area contributed by atoms with Gasteiger partial charge in [-0.05, 0) is 24.1 Å². The van der Waals surface area contributed by atoms with Crippen LogP contribution in [0, 0.1) is 0 Å². The molecular formula is C14H15N3O2. The summed E-state index contributed by atoms with van der Waals surface area (Å²) in [4.78, 5) is 15.8. The lowest BCUT2D eigenvalue weighted by Crippen LogP contribution is -2.01. The van der Waals surface area contributed by atoms with E-state index in [4.69, 9.17) is 0 Å². The third kappa shape index (κ3) is 2.36. The maximum Gasteiger partial charge on any atom is 0.337 e. The van der Waals surface area contributed by atoms with E-state index < -0.39 is 0 Å². The van der Waals surface area contributed by atoms with E-state index >= 15 is 0 Å². The van der Waals surface area contributed by atoms with Crippen molar-refractivity contribution >= 4 is 5.97 Å². The average Bonchev–Trinajstić information content (AvgIpc) is 2.99. The molecule has 0 fully saturated rings. The highest BCUT2D eigenvalue weighted by Crippen LogP contribution is 2.14. The largest absolute Gasteiger partial charge is 0.465 e. The van der Waals surface area contributed by atoms with Gasteiger partial charge in [0.2, 0.25) is 0 Å². The summed E-state index contributed by atoms with van der Waals surface area (Å²) in [6, 6.07) is 7.37. The molecule has 5 nitrogen and oxygen atoms in total. The van der Waals surface area contributed by atoms with Crippen molar-refractivity contribution in [3.05, 3.63) is 47.0 Å². The molecule has 0 N–H and O–H groups in total. The van der Waals surface area contributed by atoms with Gasteiger partial charge in [0, 0.05) is 19.4 Å². The number of esters is 1. The second-order valence-corrected chi connectivity index (χ2v) is 4.64. The lowest BCUT2D eigenvalue weighted by Gasteiger charge is -2.01. The topological polar surface area (TPSA) is 57.0 Å². The smallest absolute Gasteiger partial charge is 0.337 e. The molecule has 0 saturated carbocycles. The Morgan fingerprint density at radius 2 is 2.16 bits per heavy atom. The SMILES string of the molecule is COC(=O)c1ccc(Cc2nc3n(n2)CCC3)cc1. The maximum atomic E-state index is 11.3. The zero-order chi connectivity index (χ0) is 13.2. The first kappa shape index (κ1) is 11.9. The van der Waals surface area contributed by atoms with Gasteiger partial charge in [0.25, 0.3) is 0 Å². The first-order valence-corrected chi connectivity index (χ1v) is 6.36. The quantitative estimate of drug-likeness (QED) is 0.784. The van der Waals surface area contributed by atoms with Crippen LogP contribution in [0.2, 0.25) is 0 Å². The molecular weight excluding hydrogens is 242 g/mol. The molecule has 19 heavy (non-hydrogen) atoms. The van der Waals surface area contributed by atoms with E-state index in [9.17, 15) is 4.79 Å². The predicted molar refractivity (Wildman–Crippen MR) is 68.9 cm³/mol. The van der Waals surface area contributed by atoms with Crippen molar-refractivity contribution in [2.24, 2.45) is 0 Å². The Labute approximate surface area is 111 Å². The van der Waals surface area contributed by atoms with Crippen LogP contribution in [0.1, 0.15) is 34.0 Å². The fourth-order valence-corrected chi connectivity index (χ4v) is 2.31. The lowest BCUT2D eigenvalue weighted by atomic mass is 10.1. The van der Waals surface area contributed by atoms with Gasteiger partial charge >= 0.3 is 5.97 Å². The number of fused-ring (bicyclic) bond motifs is 1. The van der Waals surface area contributed by atoms with E-state index in [1.54, 1.807) is 12.1 Å². The summed E-state index contributed by atoms with van der Waals surface area (Å²) in [6.07, 6.45) is 2.86. The van der Waals surface area contributed by atoms with Gasteiger partial charge in [-0.3, -0.25) is 0 Å². The Hall–Kier alpha value is -2.17. The van der Waals surface area contributed by atoms with Gasteiger partial charge in [0.15, 0.2) is 5.82 Å². The van der Waals surface area contributed by atoms with Crippen molar-refractivity contribution in [2.75, 3.05) is 7.11 Å². The van der Waals surface area contributed by atoms with Crippen LogP contribution in [-0.2, 0) is 24.1 Å². The molecule has 0 aliphatic carbocycles. The number of carbonyl (C=O) groups excluding carboxylic acids is 1. The molecule has 98 valence electrons. The summed E-state index contributed by atoms with van der Waals surface area (Å²) < 4.78 is 6.65. The van der Waals surface area contributed by atoms with Crippen LogP contribution in [0.3, 0.4) is 0 Å². The van der Waals surface area contributed by atoms with E-state index in [-0.39, 0.29) is 5.97 Å². The highest BCUT2D eigenvalue weighted by atomic mass is 16.5. The molecule has 0 spiro atoms. The molecule has 0 saturated heterocycles. The minimum Gasteiger partial charge on any atom is -0.465 e. The number of hydrogen-bond acceptors (Lipinski definition) is 4. The highest BCUT2D eigenvalue weighted by Gasteiger charge is 2.15. The van der Waals surface area contributed by atoms with Gasteiger partial charge in [-0.2, -0.15) is 5.10 Å². The van der Waals surface area contributed by atoms with E-state index in [0.29, 0.717) is 12.0 Å². The standard InChI is InChI=1S/C14H15N3O2/c1-19-14(18)11-6-4-10(5-7-11)9-12-15-13-3-2-8-17(13)16-12/h4-7H,2-3,8-9H2,1H3. The number of carbonyl (C=O) groups is 1. The summed E-state index contributed by atoms with van der Waals surface area (Å²) in [5.74, 6) is 1.62. The molecule has 0 amide bonds. The van der Waals surface area contributed by atoms with Crippen molar-refractivity contribution in [3.8, 4) is 0 Å². The van der Waals surface area contributed by atoms with Gasteiger partial charge in [-0.15, -0.1) is 0 Å². The van der Waals surface area contributed by atoms with E-state index in [1.165, 1.54) is 7.11 Å². The van der Waals surface area contributed by atoms with Crippen molar-refractivity contribution in [1.82, 2.24) is 14.8 Å². The van der Waals surface area contributed by atoms with Crippen molar-refractivity contribution in [3.63, 3.8) is 0 Å². The highest BCUT2D eigenvalue weighted by molar-refractivity contribution is 5.89. The van der Waals surface area contributed by atoms with Crippen LogP contribution in [0.15, 0.2) is 24.3 Å². The molecule has 0 radical (unpaired) electrons. The van der Waals surface area contributed by atoms with Gasteiger partial charge in [-0.1, -0.05) is 12.1 Å². The Morgan fingerprint density at radius 3 is 2.84 bits per heavy atom. The molecule has 0 unspecified atom stereocenters. The minimum absolute atomic E-state index is 0.314. The normalized spacial score (nSPS) is 13.3. The molecule has 0 atom stereocenters. The van der Waals surface area contributed by atoms with Crippen molar-refractivity contribution in [2.45, 2.75) is 25.8 Å². The molecule has 0 bridgehead atoms. The fraction of sp³-hybridized carbons (Fsp3) is 0.357. The third-order valence-electron chi connectivity index (χ3n) is 3.30. The van der Waals surface area contributed by atoms with Crippen molar-refractivity contribution < 1.29 is 9.53 Å². The Bertz CT molecular complexity index is 580. The summed E-state index contributed by atoms with van der Waals surface area (Å²) in [7, 11) is 1.38. The van der Waals surface area contributed by atoms with Gasteiger partial charge in [-0.25, -0.2) is 14.5 Å². The lowest BCUT2D eigenvalue weighted by molar-refractivity contribution is 0.0600. The summed E-state index contributed by atoms with van der Waals surface area (Å²) in [6.45, 7) is 0.976. The van der Waals surface area contributed by atoms with Gasteiger partial charge in [0.1, 0.15) is 5.82 Å². The summed E-state index contributed by atoms with van der Waals surface area (Å²) in [5, 5.41) is 4.47. The molecule has 1 aromatic carbocycles. The Morgan fingerprint density at radius 1 is 1.37 bits per heavy atom. The molecule has 1 aromatic heterocycles. The number of methoxy groups -OCH3 is 1. The summed E-state index contributed by atoms with van der Waals surface area (Å²) in [5.41, 5.74) is 1.66. The van der Waals surface area contributed by atoms with Crippen molar-refractivity contribution in [1.29, 1.82) is 0 Å². The molecule has 3 rings (SSSR count). The molecule has 1 aliphatic heterocycles. The molecule has 5 heteroatoms. The fourth-order valence-electron chi connectivity index (χ4n) is 2.31. The Balaban J connectivity index is 1.74. The van der Waals surface area contributed by atoms with Gasteiger partial charge in [0.05, 0.1) is 12.7 Å². The van der Waals surface area contributed by atoms with Crippen LogP contribution in [0.25, 0.3) is 0 Å². The zero-order valence-electron chi connectivity index (χ0n) is 10.8. The minimum atomic E-state index is -0.314. The second kappa shape index (κ2) is 4.84. The zero-order valence-corrected chi connectivity index (χ0v) is 10.8. The number of rotatable bonds is 3. The van der Waals surface area contributed by atoms with Crippen LogP contribution in [-0.4, -0.2) is 27.8 Å². The molecule has 2 aromatic rings. The number of benzene rings is 1. The van der Waals surface area contributed by atoms with E-state index in [1.807, 2.05) is 16.8 Å². The van der Waals surface area contributed by atoms with Crippen LogP contribution in [0.4, 0.5) is 0 Å². The predicted octanol–water partition coefficient (Wildman–Crippen LogP) is 1.60. The average molecular weight is 257 g/mol. The van der Waals surface area contributed by atoms with Gasteiger partial charge < -0.3 is 4.74 Å². The number of nitrogens with zero attached hydrogens (tertiary/aromatic N) is 3. The van der Waals surface area contributed by atoms with E-state index in [0.717, 1.165) is 36.6 Å². The maximum absolute atomic E-state index is 11.3. The number of ether oxygens (including phenoxy) is 1. The first-order chi connectivity index (χ1) is 9.26. The van der Waals surface area contributed by atoms with Crippen LogP contribution in [0.5, 0.6) is 0 Å². The summed E-state index contributed by atoms with van der Waals surface area (Å²) >= 11 is 0. The second-order valence-electron chi connectivity index (χ2n) is 4.64. The number of hydrogen-bond donors (Lipinski definition) is 0.